The van der Waals surface area contributed by atoms with Crippen LogP contribution in [0, 0.1) is 0 Å². The zero-order valence-corrected chi connectivity index (χ0v) is 18.0. The van der Waals surface area contributed by atoms with E-state index in [1.165, 1.54) is 45.9 Å². The summed E-state index contributed by atoms with van der Waals surface area (Å²) in [4.78, 5) is 10.9. The highest BCUT2D eigenvalue weighted by atomic mass is 32.1. The third kappa shape index (κ3) is 2.82. The summed E-state index contributed by atoms with van der Waals surface area (Å²) in [5, 5.41) is 4.11. The Kier molecular flexibility index (Phi) is 3.95. The van der Waals surface area contributed by atoms with E-state index >= 15 is 0 Å². The Morgan fingerprint density at radius 1 is 0.889 bits per heavy atom. The molecule has 1 aromatic carbocycles. The fourth-order valence-corrected chi connectivity index (χ4v) is 7.04. The SMILES string of the molecule is C[Si](C)(C)c1cnc(-c2cnc3sc4ccccc4c3c2)c2c1CCCC2. The first kappa shape index (κ1) is 17.1. The van der Waals surface area contributed by atoms with Gasteiger partial charge < -0.3 is 0 Å². The largest absolute Gasteiger partial charge is 0.256 e. The highest BCUT2D eigenvalue weighted by Gasteiger charge is 2.26. The van der Waals surface area contributed by atoms with Gasteiger partial charge in [0.2, 0.25) is 0 Å². The average Bonchev–Trinajstić information content (AvgIpc) is 3.04. The van der Waals surface area contributed by atoms with E-state index in [0.29, 0.717) is 0 Å². The van der Waals surface area contributed by atoms with E-state index in [9.17, 15) is 0 Å². The van der Waals surface area contributed by atoms with Crippen molar-refractivity contribution in [3.63, 3.8) is 0 Å². The van der Waals surface area contributed by atoms with Gasteiger partial charge in [0.25, 0.3) is 0 Å². The van der Waals surface area contributed by atoms with Crippen LogP contribution in [0.2, 0.25) is 19.6 Å². The Labute approximate surface area is 165 Å². The molecule has 0 saturated heterocycles. The Morgan fingerprint density at radius 3 is 2.48 bits per heavy atom. The van der Waals surface area contributed by atoms with Crippen LogP contribution in [0.25, 0.3) is 31.6 Å². The molecule has 1 aliphatic carbocycles. The van der Waals surface area contributed by atoms with Crippen molar-refractivity contribution in [1.82, 2.24) is 9.97 Å². The molecule has 4 aromatic rings. The van der Waals surface area contributed by atoms with Gasteiger partial charge in [0, 0.05) is 33.4 Å². The maximum Gasteiger partial charge on any atom is 0.124 e. The van der Waals surface area contributed by atoms with E-state index in [0.717, 1.165) is 16.9 Å². The minimum atomic E-state index is -1.38. The molecule has 0 spiro atoms. The van der Waals surface area contributed by atoms with E-state index in [2.05, 4.69) is 56.2 Å². The van der Waals surface area contributed by atoms with Crippen molar-refractivity contribution >= 4 is 44.9 Å². The Morgan fingerprint density at radius 2 is 1.67 bits per heavy atom. The standard InChI is InChI=1S/C23H24N2SSi/c1-27(2,3)21-14-24-22(18-10-5-4-9-17(18)21)15-12-19-16-8-6-7-11-20(16)26-23(19)25-13-15/h6-8,11-14H,4-5,9-10H2,1-3H3. The second-order valence-electron chi connectivity index (χ2n) is 8.61. The molecule has 0 N–H and O–H groups in total. The van der Waals surface area contributed by atoms with E-state index in [-0.39, 0.29) is 0 Å². The maximum absolute atomic E-state index is 5.00. The molecular formula is C23H24N2SSi. The molecule has 27 heavy (non-hydrogen) atoms. The van der Waals surface area contributed by atoms with Gasteiger partial charge in [0.1, 0.15) is 4.83 Å². The smallest absolute Gasteiger partial charge is 0.124 e. The van der Waals surface area contributed by atoms with E-state index in [1.807, 2.05) is 6.20 Å². The summed E-state index contributed by atoms with van der Waals surface area (Å²) in [6, 6.07) is 10.9. The summed E-state index contributed by atoms with van der Waals surface area (Å²) in [5.41, 5.74) is 5.42. The van der Waals surface area contributed by atoms with Crippen LogP contribution in [0.3, 0.4) is 0 Å². The number of nitrogens with zero attached hydrogens (tertiary/aromatic N) is 2. The molecule has 0 fully saturated rings. The molecule has 0 aliphatic heterocycles. The van der Waals surface area contributed by atoms with Crippen LogP contribution in [0.5, 0.6) is 0 Å². The van der Waals surface area contributed by atoms with Gasteiger partial charge in [-0.2, -0.15) is 0 Å². The normalized spacial score (nSPS) is 14.6. The molecule has 5 rings (SSSR count). The lowest BCUT2D eigenvalue weighted by molar-refractivity contribution is 0.686. The van der Waals surface area contributed by atoms with Crippen LogP contribution < -0.4 is 5.19 Å². The molecule has 2 nitrogen and oxygen atoms in total. The summed E-state index contributed by atoms with van der Waals surface area (Å²) < 4.78 is 1.31. The molecule has 1 aliphatic rings. The number of pyridine rings is 2. The van der Waals surface area contributed by atoms with Crippen LogP contribution in [-0.4, -0.2) is 18.0 Å². The molecule has 0 saturated carbocycles. The molecule has 0 atom stereocenters. The van der Waals surface area contributed by atoms with Gasteiger partial charge in [-0.25, -0.2) is 4.98 Å². The third-order valence-corrected chi connectivity index (χ3v) is 8.86. The molecule has 3 aromatic heterocycles. The number of benzene rings is 1. The zero-order chi connectivity index (χ0) is 18.6. The summed E-state index contributed by atoms with van der Waals surface area (Å²) in [7, 11) is -1.38. The first-order valence-corrected chi connectivity index (χ1v) is 14.1. The van der Waals surface area contributed by atoms with Crippen molar-refractivity contribution in [3.8, 4) is 11.3 Å². The summed E-state index contributed by atoms with van der Waals surface area (Å²) in [6.07, 6.45) is 9.15. The minimum absolute atomic E-state index is 1.12. The highest BCUT2D eigenvalue weighted by molar-refractivity contribution is 7.25. The Bertz CT molecular complexity index is 1170. The van der Waals surface area contributed by atoms with Gasteiger partial charge >= 0.3 is 0 Å². The fourth-order valence-electron chi connectivity index (χ4n) is 4.38. The average molecular weight is 389 g/mol. The molecule has 0 amide bonds. The summed E-state index contributed by atoms with van der Waals surface area (Å²) >= 11 is 1.77. The van der Waals surface area contributed by atoms with Crippen molar-refractivity contribution in [2.24, 2.45) is 0 Å². The van der Waals surface area contributed by atoms with Gasteiger partial charge in [-0.15, -0.1) is 11.3 Å². The van der Waals surface area contributed by atoms with E-state index < -0.39 is 8.07 Å². The Balaban J connectivity index is 1.74. The number of hydrogen-bond acceptors (Lipinski definition) is 3. The van der Waals surface area contributed by atoms with Crippen molar-refractivity contribution in [3.05, 3.63) is 53.9 Å². The van der Waals surface area contributed by atoms with Crippen LogP contribution in [0.15, 0.2) is 42.7 Å². The summed E-state index contributed by atoms with van der Waals surface area (Å²) in [5.74, 6) is 0. The first-order valence-electron chi connectivity index (χ1n) is 9.81. The van der Waals surface area contributed by atoms with Gasteiger partial charge in [0.05, 0.1) is 13.8 Å². The zero-order valence-electron chi connectivity index (χ0n) is 16.2. The predicted octanol–water partition coefficient (Wildman–Crippen LogP) is 5.94. The lowest BCUT2D eigenvalue weighted by Gasteiger charge is -2.27. The van der Waals surface area contributed by atoms with Crippen molar-refractivity contribution in [2.75, 3.05) is 0 Å². The van der Waals surface area contributed by atoms with Crippen molar-refractivity contribution in [1.29, 1.82) is 0 Å². The second-order valence-corrected chi connectivity index (χ2v) is 14.7. The number of thiophene rings is 1. The minimum Gasteiger partial charge on any atom is -0.256 e. The second kappa shape index (κ2) is 6.25. The quantitative estimate of drug-likeness (QED) is 0.397. The van der Waals surface area contributed by atoms with Gasteiger partial charge in [-0.05, 0) is 54.1 Å². The first-order chi connectivity index (χ1) is 13.0. The lowest BCUT2D eigenvalue weighted by Crippen LogP contribution is -2.42. The van der Waals surface area contributed by atoms with Crippen LogP contribution in [-0.2, 0) is 12.8 Å². The topological polar surface area (TPSA) is 25.8 Å². The van der Waals surface area contributed by atoms with Crippen molar-refractivity contribution < 1.29 is 0 Å². The van der Waals surface area contributed by atoms with Crippen LogP contribution in [0.1, 0.15) is 24.0 Å². The molecule has 4 heteroatoms. The van der Waals surface area contributed by atoms with Crippen molar-refractivity contribution in [2.45, 2.75) is 45.3 Å². The van der Waals surface area contributed by atoms with Crippen LogP contribution >= 0.6 is 11.3 Å². The number of hydrogen-bond donors (Lipinski definition) is 0. The van der Waals surface area contributed by atoms with E-state index in [4.69, 9.17) is 9.97 Å². The van der Waals surface area contributed by atoms with Gasteiger partial charge in [0.15, 0.2) is 0 Å². The number of aromatic nitrogens is 2. The van der Waals surface area contributed by atoms with Gasteiger partial charge in [-0.3, -0.25) is 4.98 Å². The summed E-state index contributed by atoms with van der Waals surface area (Å²) in [6.45, 7) is 7.30. The molecule has 0 unspecified atom stereocenters. The molecule has 0 bridgehead atoms. The Hall–Kier alpha value is -2.04. The fraction of sp³-hybridized carbons (Fsp3) is 0.304. The lowest BCUT2D eigenvalue weighted by atomic mass is 9.89. The predicted molar refractivity (Wildman–Crippen MR) is 120 cm³/mol. The molecule has 3 heterocycles. The monoisotopic (exact) mass is 388 g/mol. The van der Waals surface area contributed by atoms with Crippen LogP contribution in [0.4, 0.5) is 0 Å². The third-order valence-electron chi connectivity index (χ3n) is 5.72. The molecule has 136 valence electrons. The molecule has 0 radical (unpaired) electrons. The van der Waals surface area contributed by atoms with E-state index in [1.54, 1.807) is 22.1 Å². The maximum atomic E-state index is 5.00. The molecular weight excluding hydrogens is 364 g/mol. The van der Waals surface area contributed by atoms with Gasteiger partial charge in [-0.1, -0.05) is 37.8 Å². The highest BCUT2D eigenvalue weighted by Crippen LogP contribution is 2.36. The number of rotatable bonds is 2. The number of fused-ring (bicyclic) bond motifs is 4.